The molecule has 0 radical (unpaired) electrons. The van der Waals surface area contributed by atoms with Crippen molar-refractivity contribution in [3.8, 4) is 0 Å². The number of nitrogens with zero attached hydrogens (tertiary/aromatic N) is 1. The maximum atomic E-state index is 12.1. The van der Waals surface area contributed by atoms with Crippen molar-refractivity contribution in [1.82, 2.24) is 4.90 Å². The van der Waals surface area contributed by atoms with Gasteiger partial charge in [-0.3, -0.25) is 4.79 Å². The van der Waals surface area contributed by atoms with Crippen LogP contribution in [0.2, 0.25) is 0 Å². The number of Topliss-reactive ketones (excluding diaryl/α,β-unsaturated/α-hetero) is 1. The number of carbonyl (C=O) groups is 2. The lowest BCUT2D eigenvalue weighted by atomic mass is 9.91. The highest BCUT2D eigenvalue weighted by molar-refractivity contribution is 5.85. The minimum absolute atomic E-state index is 0.0405. The molecule has 4 heteroatoms. The number of ketones is 1. The molecule has 2 unspecified atom stereocenters. The Morgan fingerprint density at radius 3 is 2.59 bits per heavy atom. The molecule has 0 aliphatic carbocycles. The number of fused-ring (bicyclic) bond motifs is 2. The van der Waals surface area contributed by atoms with Crippen molar-refractivity contribution in [2.45, 2.75) is 64.6 Å². The van der Waals surface area contributed by atoms with Gasteiger partial charge in [-0.05, 0) is 33.6 Å². The molecule has 3 atom stereocenters. The van der Waals surface area contributed by atoms with Crippen molar-refractivity contribution in [3.05, 3.63) is 0 Å². The molecule has 2 heterocycles. The molecule has 0 aromatic rings. The Bertz CT molecular complexity index is 345. The third-order valence-electron chi connectivity index (χ3n) is 3.67. The Kier molecular flexibility index (Phi) is 2.92. The molecule has 0 aromatic heterocycles. The van der Waals surface area contributed by atoms with E-state index in [9.17, 15) is 9.59 Å². The van der Waals surface area contributed by atoms with E-state index in [2.05, 4.69) is 0 Å². The largest absolute Gasteiger partial charge is 0.444 e. The summed E-state index contributed by atoms with van der Waals surface area (Å²) in [7, 11) is 0. The fourth-order valence-electron chi connectivity index (χ4n) is 2.84. The molecule has 2 bridgehead atoms. The molecule has 2 saturated heterocycles. The van der Waals surface area contributed by atoms with Gasteiger partial charge in [-0.15, -0.1) is 0 Å². The van der Waals surface area contributed by atoms with Gasteiger partial charge in [0.1, 0.15) is 11.4 Å². The lowest BCUT2D eigenvalue weighted by Crippen LogP contribution is -2.52. The van der Waals surface area contributed by atoms with Crippen molar-refractivity contribution < 1.29 is 14.3 Å². The molecule has 2 aliphatic rings. The normalized spacial score (nSPS) is 32.8. The number of amides is 1. The van der Waals surface area contributed by atoms with E-state index in [-0.39, 0.29) is 29.9 Å². The van der Waals surface area contributed by atoms with Gasteiger partial charge in [0.05, 0.1) is 0 Å². The van der Waals surface area contributed by atoms with Crippen molar-refractivity contribution in [1.29, 1.82) is 0 Å². The first-order valence-electron chi connectivity index (χ1n) is 6.33. The van der Waals surface area contributed by atoms with E-state index in [1.54, 1.807) is 4.90 Å². The van der Waals surface area contributed by atoms with E-state index in [4.69, 9.17) is 4.74 Å². The van der Waals surface area contributed by atoms with E-state index in [1.807, 2.05) is 27.7 Å². The summed E-state index contributed by atoms with van der Waals surface area (Å²) in [6.07, 6.45) is 2.10. The van der Waals surface area contributed by atoms with Crippen molar-refractivity contribution in [3.63, 3.8) is 0 Å². The van der Waals surface area contributed by atoms with Crippen LogP contribution >= 0.6 is 0 Å². The Morgan fingerprint density at radius 1 is 1.35 bits per heavy atom. The van der Waals surface area contributed by atoms with Crippen molar-refractivity contribution in [2.24, 2.45) is 5.92 Å². The van der Waals surface area contributed by atoms with Gasteiger partial charge in [0.2, 0.25) is 0 Å². The van der Waals surface area contributed by atoms with Gasteiger partial charge < -0.3 is 9.64 Å². The van der Waals surface area contributed by atoms with Crippen LogP contribution in [0.4, 0.5) is 4.79 Å². The molecule has 1 amide bonds. The Labute approximate surface area is 102 Å². The summed E-state index contributed by atoms with van der Waals surface area (Å²) in [6.45, 7) is 7.52. The van der Waals surface area contributed by atoms with E-state index >= 15 is 0 Å². The van der Waals surface area contributed by atoms with E-state index in [0.717, 1.165) is 12.8 Å². The van der Waals surface area contributed by atoms with Gasteiger partial charge in [0, 0.05) is 24.4 Å². The zero-order valence-corrected chi connectivity index (χ0v) is 11.0. The molecule has 17 heavy (non-hydrogen) atoms. The Morgan fingerprint density at radius 2 is 2.00 bits per heavy atom. The summed E-state index contributed by atoms with van der Waals surface area (Å²) in [4.78, 5) is 25.7. The summed E-state index contributed by atoms with van der Waals surface area (Å²) < 4.78 is 5.42. The summed E-state index contributed by atoms with van der Waals surface area (Å²) in [5, 5.41) is 0. The van der Waals surface area contributed by atoms with Crippen LogP contribution < -0.4 is 0 Å². The summed E-state index contributed by atoms with van der Waals surface area (Å²) >= 11 is 0. The first-order valence-corrected chi connectivity index (χ1v) is 6.33. The number of ether oxygens (including phenoxy) is 1. The molecule has 4 nitrogen and oxygen atoms in total. The zero-order chi connectivity index (χ0) is 12.8. The van der Waals surface area contributed by atoms with Gasteiger partial charge >= 0.3 is 6.09 Å². The number of rotatable bonds is 0. The average Bonchev–Trinajstić information content (AvgIpc) is 2.51. The van der Waals surface area contributed by atoms with E-state index < -0.39 is 5.60 Å². The van der Waals surface area contributed by atoms with Crippen LogP contribution in [0, 0.1) is 5.92 Å². The molecular weight excluding hydrogens is 218 g/mol. The minimum atomic E-state index is -0.471. The van der Waals surface area contributed by atoms with Crippen LogP contribution in [0.5, 0.6) is 0 Å². The highest BCUT2D eigenvalue weighted by Gasteiger charge is 2.48. The van der Waals surface area contributed by atoms with Crippen LogP contribution in [-0.2, 0) is 9.53 Å². The summed E-state index contributed by atoms with van der Waals surface area (Å²) in [5.74, 6) is 0.249. The highest BCUT2D eigenvalue weighted by atomic mass is 16.6. The van der Waals surface area contributed by atoms with Crippen LogP contribution in [0.3, 0.4) is 0 Å². The topological polar surface area (TPSA) is 46.6 Å². The number of hydrogen-bond donors (Lipinski definition) is 0. The summed E-state index contributed by atoms with van der Waals surface area (Å²) in [5.41, 5.74) is -0.471. The number of carbonyl (C=O) groups excluding carboxylic acids is 2. The molecular formula is C13H21NO3. The Balaban J connectivity index is 2.12. The SMILES string of the molecule is C[C@H]1C(=O)CC2CCC1N2C(=O)OC(C)(C)C. The molecule has 0 spiro atoms. The second-order valence-electron chi connectivity index (χ2n) is 6.15. The summed E-state index contributed by atoms with van der Waals surface area (Å²) in [6, 6.07) is 0.120. The molecule has 2 rings (SSSR count). The highest BCUT2D eigenvalue weighted by Crippen LogP contribution is 2.38. The first-order chi connectivity index (χ1) is 7.79. The molecule has 96 valence electrons. The predicted molar refractivity (Wildman–Crippen MR) is 63.7 cm³/mol. The van der Waals surface area contributed by atoms with Gasteiger partial charge in [-0.25, -0.2) is 4.79 Å². The van der Waals surface area contributed by atoms with Gasteiger partial charge in [-0.2, -0.15) is 0 Å². The second-order valence-corrected chi connectivity index (χ2v) is 6.15. The fourth-order valence-corrected chi connectivity index (χ4v) is 2.84. The minimum Gasteiger partial charge on any atom is -0.444 e. The van der Waals surface area contributed by atoms with Gasteiger partial charge in [-0.1, -0.05) is 6.92 Å². The van der Waals surface area contributed by atoms with Crippen LogP contribution in [0.25, 0.3) is 0 Å². The first kappa shape index (κ1) is 12.4. The maximum absolute atomic E-state index is 12.1. The number of piperidine rings is 1. The van der Waals surface area contributed by atoms with Gasteiger partial charge in [0.25, 0.3) is 0 Å². The molecule has 0 saturated carbocycles. The zero-order valence-electron chi connectivity index (χ0n) is 11.0. The molecule has 0 aromatic carbocycles. The Hall–Kier alpha value is -1.06. The lowest BCUT2D eigenvalue weighted by Gasteiger charge is -2.38. The standard InChI is InChI=1S/C13H21NO3/c1-8-10-6-5-9(7-11(8)15)14(10)12(16)17-13(2,3)4/h8-10H,5-7H2,1-4H3/t8-,9?,10?/m1/s1. The molecule has 0 N–H and O–H groups in total. The third kappa shape index (κ3) is 2.31. The van der Waals surface area contributed by atoms with Crippen LogP contribution in [-0.4, -0.2) is 34.5 Å². The monoisotopic (exact) mass is 239 g/mol. The average molecular weight is 239 g/mol. The third-order valence-corrected chi connectivity index (χ3v) is 3.67. The van der Waals surface area contributed by atoms with Crippen molar-refractivity contribution in [2.75, 3.05) is 0 Å². The molecule has 2 aliphatic heterocycles. The van der Waals surface area contributed by atoms with E-state index in [1.165, 1.54) is 0 Å². The van der Waals surface area contributed by atoms with Crippen LogP contribution in [0.15, 0.2) is 0 Å². The van der Waals surface area contributed by atoms with Crippen molar-refractivity contribution >= 4 is 11.9 Å². The van der Waals surface area contributed by atoms with Gasteiger partial charge in [0.15, 0.2) is 0 Å². The predicted octanol–water partition coefficient (Wildman–Crippen LogP) is 2.36. The quantitative estimate of drug-likeness (QED) is 0.652. The fraction of sp³-hybridized carbons (Fsp3) is 0.846. The number of hydrogen-bond acceptors (Lipinski definition) is 3. The van der Waals surface area contributed by atoms with Crippen LogP contribution in [0.1, 0.15) is 47.0 Å². The molecule has 2 fully saturated rings. The second kappa shape index (κ2) is 4.00. The lowest BCUT2D eigenvalue weighted by molar-refractivity contribution is -0.128. The maximum Gasteiger partial charge on any atom is 0.410 e. The van der Waals surface area contributed by atoms with E-state index in [0.29, 0.717) is 6.42 Å². The smallest absolute Gasteiger partial charge is 0.410 e.